The van der Waals surface area contributed by atoms with Crippen molar-refractivity contribution >= 4 is 19.6 Å². The Balaban J connectivity index is 1.45. The van der Waals surface area contributed by atoms with Crippen molar-refractivity contribution < 1.29 is 18.7 Å². The van der Waals surface area contributed by atoms with E-state index in [9.17, 15) is 4.57 Å². The summed E-state index contributed by atoms with van der Waals surface area (Å²) in [6.45, 7) is 2.23. The van der Waals surface area contributed by atoms with Crippen molar-refractivity contribution in [3.8, 4) is 16.3 Å². The average molecular weight is 474 g/mol. The van der Waals surface area contributed by atoms with Crippen molar-refractivity contribution in [2.45, 2.75) is 38.6 Å². The van der Waals surface area contributed by atoms with Crippen LogP contribution in [0.1, 0.15) is 36.9 Å². The first-order valence-electron chi connectivity index (χ1n) is 10.9. The molecule has 3 aromatic rings. The van der Waals surface area contributed by atoms with E-state index in [1.807, 2.05) is 23.6 Å². The summed E-state index contributed by atoms with van der Waals surface area (Å²) in [7, 11) is -2.52. The molecule has 0 fully saturated rings. The molecule has 2 heterocycles. The van der Waals surface area contributed by atoms with Crippen LogP contribution < -0.4 is 10.1 Å². The lowest BCUT2D eigenvalue weighted by molar-refractivity contribution is 0.276. The second-order valence-corrected chi connectivity index (χ2v) is 9.05. The van der Waals surface area contributed by atoms with Gasteiger partial charge in [-0.25, -0.2) is 4.98 Å². The predicted molar refractivity (Wildman–Crippen MR) is 129 cm³/mol. The molecule has 0 saturated carbocycles. The predicted octanol–water partition coefficient (Wildman–Crippen LogP) is 5.75. The van der Waals surface area contributed by atoms with Crippen molar-refractivity contribution in [1.29, 1.82) is 0 Å². The summed E-state index contributed by atoms with van der Waals surface area (Å²) in [5, 5.41) is 5.33. The Morgan fingerprint density at radius 1 is 0.969 bits per heavy atom. The van der Waals surface area contributed by atoms with Gasteiger partial charge in [0.25, 0.3) is 0 Å². The van der Waals surface area contributed by atoms with Crippen molar-refractivity contribution in [3.05, 3.63) is 71.2 Å². The first-order chi connectivity index (χ1) is 15.7. The first kappa shape index (κ1) is 24.5. The third kappa shape index (κ3) is 8.77. The minimum atomic E-state index is -2.52. The van der Waals surface area contributed by atoms with E-state index in [4.69, 9.17) is 14.6 Å². The van der Waals surface area contributed by atoms with Gasteiger partial charge in [0.2, 0.25) is 0 Å². The molecule has 2 N–H and O–H groups in total. The molecule has 0 spiro atoms. The maximum atomic E-state index is 10.5. The quantitative estimate of drug-likeness (QED) is 0.216. The fourth-order valence-electron chi connectivity index (χ4n) is 3.28. The highest BCUT2D eigenvalue weighted by molar-refractivity contribution is 7.32. The Kier molecular flexibility index (Phi) is 10.8. The Morgan fingerprint density at radius 3 is 2.62 bits per heavy atom. The van der Waals surface area contributed by atoms with Crippen LogP contribution in [0.2, 0.25) is 0 Å². The second-order valence-electron chi connectivity index (χ2n) is 7.37. The number of ether oxygens (including phenoxy) is 1. The monoisotopic (exact) mass is 473 g/mol. The highest BCUT2D eigenvalue weighted by Gasteiger charge is 2.12. The topological polar surface area (TPSA) is 80.7 Å². The molecule has 170 valence electrons. The number of pyridine rings is 1. The number of rotatable bonds is 15. The van der Waals surface area contributed by atoms with E-state index in [1.165, 1.54) is 5.56 Å². The Labute approximate surface area is 194 Å². The number of hydrogen-bond acceptors (Lipinski definition) is 6. The lowest BCUT2D eigenvalue weighted by Crippen LogP contribution is -2.17. The van der Waals surface area contributed by atoms with Gasteiger partial charge in [-0.2, -0.15) is 0 Å². The third-order valence-electron chi connectivity index (χ3n) is 4.89. The van der Waals surface area contributed by atoms with Crippen LogP contribution in [0.15, 0.2) is 60.0 Å². The SMILES string of the molecule is O=[P+](O)OCCCNCc1ccc(OCCCCCc2ccccc2)c(-c2cccs2)n1. The zero-order valence-corrected chi connectivity index (χ0v) is 19.8. The summed E-state index contributed by atoms with van der Waals surface area (Å²) in [5.41, 5.74) is 3.19. The smallest absolute Gasteiger partial charge is 0.491 e. The van der Waals surface area contributed by atoms with Crippen LogP contribution in [-0.2, 0) is 22.1 Å². The van der Waals surface area contributed by atoms with Crippen molar-refractivity contribution in [2.24, 2.45) is 0 Å². The van der Waals surface area contributed by atoms with E-state index in [2.05, 4.69) is 46.2 Å². The number of thiophene rings is 1. The fourth-order valence-corrected chi connectivity index (χ4v) is 4.29. The number of aromatic nitrogens is 1. The van der Waals surface area contributed by atoms with Gasteiger partial charge in [0.1, 0.15) is 18.1 Å². The standard InChI is InChI=1S/C24H29N2O4PS/c27-31(28)30-17-8-15-25-19-21-13-14-22(24(26-21)23-12-7-18-32-23)29-16-6-2-5-11-20-9-3-1-4-10-20/h1,3-4,7,9-10,12-14,18,25H,2,5-6,8,11,15-17,19H2/p+1. The van der Waals surface area contributed by atoms with Gasteiger partial charge in [-0.15, -0.1) is 20.8 Å². The Hall–Kier alpha value is -2.15. The van der Waals surface area contributed by atoms with E-state index in [0.29, 0.717) is 26.1 Å². The lowest BCUT2D eigenvalue weighted by atomic mass is 10.1. The summed E-state index contributed by atoms with van der Waals surface area (Å²) in [4.78, 5) is 14.5. The highest BCUT2D eigenvalue weighted by Crippen LogP contribution is 2.32. The van der Waals surface area contributed by atoms with Crippen LogP contribution in [0.4, 0.5) is 0 Å². The largest absolute Gasteiger partial charge is 0.694 e. The number of aryl methyl sites for hydroxylation is 1. The van der Waals surface area contributed by atoms with E-state index < -0.39 is 8.25 Å². The second kappa shape index (κ2) is 14.1. The molecule has 0 aliphatic rings. The number of nitrogens with one attached hydrogen (secondary N) is 1. The van der Waals surface area contributed by atoms with Crippen LogP contribution in [0.5, 0.6) is 5.75 Å². The van der Waals surface area contributed by atoms with Crippen LogP contribution in [0, 0.1) is 0 Å². The van der Waals surface area contributed by atoms with Gasteiger partial charge in [-0.3, -0.25) is 0 Å². The summed E-state index contributed by atoms with van der Waals surface area (Å²) < 4.78 is 21.3. The van der Waals surface area contributed by atoms with Gasteiger partial charge in [0.15, 0.2) is 0 Å². The maximum absolute atomic E-state index is 10.5. The molecule has 0 radical (unpaired) electrons. The van der Waals surface area contributed by atoms with Crippen molar-refractivity contribution in [1.82, 2.24) is 10.3 Å². The zero-order valence-electron chi connectivity index (χ0n) is 18.1. The highest BCUT2D eigenvalue weighted by atomic mass is 32.1. The van der Waals surface area contributed by atoms with Crippen LogP contribution in [0.25, 0.3) is 10.6 Å². The average Bonchev–Trinajstić information content (AvgIpc) is 3.34. The Morgan fingerprint density at radius 2 is 1.84 bits per heavy atom. The molecule has 0 saturated heterocycles. The molecule has 1 unspecified atom stereocenters. The van der Waals surface area contributed by atoms with Crippen LogP contribution in [-0.4, -0.2) is 29.6 Å². The molecule has 3 rings (SSSR count). The molecular formula is C24H30N2O4PS+. The van der Waals surface area contributed by atoms with Gasteiger partial charge < -0.3 is 10.1 Å². The molecule has 0 amide bonds. The number of unbranched alkanes of at least 4 members (excludes halogenated alkanes) is 2. The van der Waals surface area contributed by atoms with Gasteiger partial charge in [-0.1, -0.05) is 36.4 Å². The van der Waals surface area contributed by atoms with Crippen molar-refractivity contribution in [2.75, 3.05) is 19.8 Å². The normalized spacial score (nSPS) is 11.5. The number of hydrogen-bond donors (Lipinski definition) is 2. The van der Waals surface area contributed by atoms with Gasteiger partial charge in [-0.05, 0) is 67.8 Å². The molecule has 32 heavy (non-hydrogen) atoms. The maximum Gasteiger partial charge on any atom is 0.694 e. The Bertz CT molecular complexity index is 938. The number of benzene rings is 1. The summed E-state index contributed by atoms with van der Waals surface area (Å²) in [6, 6.07) is 18.7. The molecule has 1 atom stereocenters. The van der Waals surface area contributed by atoms with Gasteiger partial charge in [0.05, 0.1) is 17.2 Å². The van der Waals surface area contributed by atoms with Crippen LogP contribution >= 0.6 is 19.6 Å². The summed E-state index contributed by atoms with van der Waals surface area (Å²) >= 11 is 1.65. The molecular weight excluding hydrogens is 443 g/mol. The molecule has 1 aromatic carbocycles. The van der Waals surface area contributed by atoms with Gasteiger partial charge >= 0.3 is 8.25 Å². The molecule has 0 bridgehead atoms. The first-order valence-corrected chi connectivity index (χ1v) is 12.9. The minimum Gasteiger partial charge on any atom is -0.491 e. The molecule has 2 aromatic heterocycles. The minimum absolute atomic E-state index is 0.255. The van der Waals surface area contributed by atoms with Crippen LogP contribution in [0.3, 0.4) is 0 Å². The van der Waals surface area contributed by atoms with E-state index in [0.717, 1.165) is 47.7 Å². The molecule has 0 aliphatic carbocycles. The molecule has 0 aliphatic heterocycles. The third-order valence-corrected chi connectivity index (χ3v) is 6.17. The van der Waals surface area contributed by atoms with Gasteiger partial charge in [0, 0.05) is 11.1 Å². The summed E-state index contributed by atoms with van der Waals surface area (Å²) in [5.74, 6) is 0.819. The van der Waals surface area contributed by atoms with E-state index in [1.54, 1.807) is 11.3 Å². The molecule has 8 heteroatoms. The zero-order chi connectivity index (χ0) is 22.4. The number of nitrogens with zero attached hydrogens (tertiary/aromatic N) is 1. The molecule has 6 nitrogen and oxygen atoms in total. The lowest BCUT2D eigenvalue weighted by Gasteiger charge is -2.12. The fraction of sp³-hybridized carbons (Fsp3) is 0.375. The van der Waals surface area contributed by atoms with E-state index >= 15 is 0 Å². The summed E-state index contributed by atoms with van der Waals surface area (Å²) in [6.07, 6.45) is 5.07. The van der Waals surface area contributed by atoms with Crippen molar-refractivity contribution in [3.63, 3.8) is 0 Å². The van der Waals surface area contributed by atoms with E-state index in [-0.39, 0.29) is 6.61 Å².